The fourth-order valence-electron chi connectivity index (χ4n) is 3.38. The van der Waals surface area contributed by atoms with Crippen LogP contribution in [0.5, 0.6) is 0 Å². The van der Waals surface area contributed by atoms with Gasteiger partial charge in [0.25, 0.3) is 0 Å². The first-order valence-electron chi connectivity index (χ1n) is 7.69. The van der Waals surface area contributed by atoms with Gasteiger partial charge >= 0.3 is 0 Å². The highest BCUT2D eigenvalue weighted by molar-refractivity contribution is 5.81. The number of amides is 1. The van der Waals surface area contributed by atoms with Gasteiger partial charge in [-0.25, -0.2) is 0 Å². The van der Waals surface area contributed by atoms with Gasteiger partial charge in [0.2, 0.25) is 5.91 Å². The van der Waals surface area contributed by atoms with E-state index < -0.39 is 0 Å². The van der Waals surface area contributed by atoms with Gasteiger partial charge in [0.1, 0.15) is 0 Å². The van der Waals surface area contributed by atoms with Crippen molar-refractivity contribution in [2.24, 2.45) is 13.0 Å². The van der Waals surface area contributed by atoms with E-state index >= 15 is 0 Å². The Bertz CT molecular complexity index is 516. The maximum absolute atomic E-state index is 13.0. The number of aryl methyl sites for hydroxylation is 1. The minimum atomic E-state index is 0.00181. The number of carbonyl (C=O) groups excluding carboxylic acids is 1. The first-order chi connectivity index (χ1) is 10.1. The maximum atomic E-state index is 13.0. The number of nitrogens with zero attached hydrogens (tertiary/aromatic N) is 3. The van der Waals surface area contributed by atoms with Gasteiger partial charge in [0.15, 0.2) is 0 Å². The van der Waals surface area contributed by atoms with E-state index in [-0.39, 0.29) is 29.9 Å². The molecule has 0 saturated carbocycles. The van der Waals surface area contributed by atoms with Gasteiger partial charge in [-0.05, 0) is 19.4 Å². The van der Waals surface area contributed by atoms with Crippen LogP contribution in [0, 0.1) is 5.92 Å². The second kappa shape index (κ2) is 5.77. The fourth-order valence-corrected chi connectivity index (χ4v) is 3.38. The molecule has 1 amide bonds. The number of rotatable bonds is 2. The summed E-state index contributed by atoms with van der Waals surface area (Å²) in [5, 5.41) is 7.60. The van der Waals surface area contributed by atoms with Crippen molar-refractivity contribution in [2.75, 3.05) is 26.2 Å². The molecule has 4 atom stereocenters. The highest BCUT2D eigenvalue weighted by Crippen LogP contribution is 2.30. The summed E-state index contributed by atoms with van der Waals surface area (Å²) in [6.45, 7) is 7.03. The third-order valence-corrected chi connectivity index (χ3v) is 4.85. The van der Waals surface area contributed by atoms with Crippen LogP contribution in [0.1, 0.15) is 25.3 Å². The van der Waals surface area contributed by atoms with Crippen molar-refractivity contribution >= 4 is 5.91 Å². The fraction of sp³-hybridized carbons (Fsp3) is 0.733. The van der Waals surface area contributed by atoms with Crippen molar-refractivity contribution in [3.63, 3.8) is 0 Å². The van der Waals surface area contributed by atoms with E-state index in [1.807, 2.05) is 31.3 Å². The van der Waals surface area contributed by atoms with Gasteiger partial charge in [0.05, 0.1) is 30.9 Å². The molecule has 0 spiro atoms. The van der Waals surface area contributed by atoms with Crippen LogP contribution in [-0.4, -0.2) is 59.0 Å². The summed E-state index contributed by atoms with van der Waals surface area (Å²) >= 11 is 0. The van der Waals surface area contributed by atoms with E-state index in [4.69, 9.17) is 4.74 Å². The van der Waals surface area contributed by atoms with E-state index in [1.54, 1.807) is 4.68 Å². The summed E-state index contributed by atoms with van der Waals surface area (Å²) in [7, 11) is 1.91. The van der Waals surface area contributed by atoms with E-state index in [1.165, 1.54) is 0 Å². The molecule has 1 aromatic heterocycles. The Labute approximate surface area is 125 Å². The monoisotopic (exact) mass is 292 g/mol. The lowest BCUT2D eigenvalue weighted by atomic mass is 9.89. The smallest absolute Gasteiger partial charge is 0.228 e. The molecule has 0 bridgehead atoms. The van der Waals surface area contributed by atoms with Crippen molar-refractivity contribution in [3.8, 4) is 0 Å². The second-order valence-corrected chi connectivity index (χ2v) is 6.17. The summed E-state index contributed by atoms with van der Waals surface area (Å²) in [6.07, 6.45) is 4.00. The average molecular weight is 292 g/mol. The van der Waals surface area contributed by atoms with Crippen LogP contribution >= 0.6 is 0 Å². The Morgan fingerprint density at radius 2 is 2.24 bits per heavy atom. The zero-order chi connectivity index (χ0) is 15.0. The molecule has 2 unspecified atom stereocenters. The molecular formula is C15H24N4O2. The molecule has 2 aliphatic heterocycles. The lowest BCUT2D eigenvalue weighted by molar-refractivity contribution is -0.148. The van der Waals surface area contributed by atoms with E-state index in [0.29, 0.717) is 13.2 Å². The summed E-state index contributed by atoms with van der Waals surface area (Å²) in [6, 6.07) is 0.140. The van der Waals surface area contributed by atoms with Crippen LogP contribution in [0.15, 0.2) is 12.4 Å². The third-order valence-electron chi connectivity index (χ3n) is 4.85. The molecule has 3 heterocycles. The van der Waals surface area contributed by atoms with Gasteiger partial charge in [0, 0.05) is 38.8 Å². The predicted octanol–water partition coefficient (Wildman–Crippen LogP) is 0.359. The van der Waals surface area contributed by atoms with E-state index in [9.17, 15) is 4.79 Å². The molecular weight excluding hydrogens is 268 g/mol. The number of hydrogen-bond acceptors (Lipinski definition) is 4. The molecule has 3 rings (SSSR count). The van der Waals surface area contributed by atoms with Crippen LogP contribution < -0.4 is 5.32 Å². The minimum absolute atomic E-state index is 0.00181. The van der Waals surface area contributed by atoms with Crippen molar-refractivity contribution in [2.45, 2.75) is 31.9 Å². The minimum Gasteiger partial charge on any atom is -0.375 e. The SMILES string of the molecule is CC1OCCN(C(=O)[C@H]2CNC[C@@H]2c2cnn(C)c2)C1C. The molecule has 2 aliphatic rings. The highest BCUT2D eigenvalue weighted by Gasteiger charge is 2.40. The molecule has 0 aromatic carbocycles. The summed E-state index contributed by atoms with van der Waals surface area (Å²) < 4.78 is 7.43. The Morgan fingerprint density at radius 1 is 1.43 bits per heavy atom. The normalized spacial score (nSPS) is 33.4. The Morgan fingerprint density at radius 3 is 2.95 bits per heavy atom. The summed E-state index contributed by atoms with van der Waals surface area (Å²) in [5.41, 5.74) is 1.15. The van der Waals surface area contributed by atoms with Gasteiger partial charge in [-0.2, -0.15) is 5.10 Å². The first kappa shape index (κ1) is 14.5. The number of carbonyl (C=O) groups is 1. The predicted molar refractivity (Wildman–Crippen MR) is 78.9 cm³/mol. The quantitative estimate of drug-likeness (QED) is 0.855. The van der Waals surface area contributed by atoms with Gasteiger partial charge < -0.3 is 15.0 Å². The van der Waals surface area contributed by atoms with Crippen molar-refractivity contribution in [1.29, 1.82) is 0 Å². The Balaban J connectivity index is 1.77. The molecule has 6 nitrogen and oxygen atoms in total. The Kier molecular flexibility index (Phi) is 3.99. The maximum Gasteiger partial charge on any atom is 0.228 e. The molecule has 21 heavy (non-hydrogen) atoms. The second-order valence-electron chi connectivity index (χ2n) is 6.17. The van der Waals surface area contributed by atoms with Gasteiger partial charge in [-0.15, -0.1) is 0 Å². The standard InChI is InChI=1S/C15H24N4O2/c1-10-11(2)21-5-4-19(10)15(20)14-8-16-7-13(14)12-6-17-18(3)9-12/h6,9-11,13-14,16H,4-5,7-8H2,1-3H3/t10?,11?,13-,14+/m1/s1. The van der Waals surface area contributed by atoms with Crippen LogP contribution in [0.3, 0.4) is 0 Å². The van der Waals surface area contributed by atoms with Crippen LogP contribution in [0.2, 0.25) is 0 Å². The van der Waals surface area contributed by atoms with Crippen LogP contribution in [-0.2, 0) is 16.6 Å². The largest absolute Gasteiger partial charge is 0.375 e. The van der Waals surface area contributed by atoms with Crippen LogP contribution in [0.25, 0.3) is 0 Å². The molecule has 2 saturated heterocycles. The first-order valence-corrected chi connectivity index (χ1v) is 7.69. The topological polar surface area (TPSA) is 59.4 Å². The summed E-state index contributed by atoms with van der Waals surface area (Å²) in [4.78, 5) is 14.9. The molecule has 1 aromatic rings. The molecule has 116 valence electrons. The van der Waals surface area contributed by atoms with E-state index in [0.717, 1.165) is 18.7 Å². The molecule has 2 fully saturated rings. The Hall–Kier alpha value is -1.40. The molecule has 0 aliphatic carbocycles. The lowest BCUT2D eigenvalue weighted by Crippen LogP contribution is -2.53. The average Bonchev–Trinajstić information content (AvgIpc) is 3.09. The van der Waals surface area contributed by atoms with Gasteiger partial charge in [-0.1, -0.05) is 0 Å². The zero-order valence-electron chi connectivity index (χ0n) is 13.0. The van der Waals surface area contributed by atoms with Crippen molar-refractivity contribution in [3.05, 3.63) is 18.0 Å². The number of ether oxygens (including phenoxy) is 1. The molecule has 1 N–H and O–H groups in total. The lowest BCUT2D eigenvalue weighted by Gasteiger charge is -2.39. The van der Waals surface area contributed by atoms with Crippen molar-refractivity contribution in [1.82, 2.24) is 20.0 Å². The number of morpholine rings is 1. The molecule has 6 heteroatoms. The van der Waals surface area contributed by atoms with Crippen LogP contribution in [0.4, 0.5) is 0 Å². The number of hydrogen-bond donors (Lipinski definition) is 1. The third kappa shape index (κ3) is 2.70. The number of aromatic nitrogens is 2. The highest BCUT2D eigenvalue weighted by atomic mass is 16.5. The zero-order valence-corrected chi connectivity index (χ0v) is 13.0. The van der Waals surface area contributed by atoms with E-state index in [2.05, 4.69) is 17.3 Å². The van der Waals surface area contributed by atoms with Gasteiger partial charge in [-0.3, -0.25) is 9.48 Å². The molecule has 0 radical (unpaired) electrons. The summed E-state index contributed by atoms with van der Waals surface area (Å²) in [5.74, 6) is 0.468. The van der Waals surface area contributed by atoms with Crippen molar-refractivity contribution < 1.29 is 9.53 Å². The number of nitrogens with one attached hydrogen (secondary N) is 1.